The summed E-state index contributed by atoms with van der Waals surface area (Å²) in [4.78, 5) is 28.9. The summed E-state index contributed by atoms with van der Waals surface area (Å²) in [6.07, 6.45) is 5.41. The van der Waals surface area contributed by atoms with Crippen LogP contribution >= 0.6 is 0 Å². The number of pyridine rings is 2. The van der Waals surface area contributed by atoms with Crippen LogP contribution in [0.15, 0.2) is 271 Å². The molecule has 0 saturated carbocycles. The van der Waals surface area contributed by atoms with Gasteiger partial charge in [0.05, 0.1) is 28.3 Å². The van der Waals surface area contributed by atoms with Crippen LogP contribution in [0, 0.1) is 0 Å². The number of fused-ring (bicyclic) bond motifs is 3. The fourth-order valence-electron chi connectivity index (χ4n) is 10.3. The van der Waals surface area contributed by atoms with E-state index in [4.69, 9.17) is 26.1 Å². The van der Waals surface area contributed by atoms with Crippen LogP contribution < -0.4 is 28.9 Å². The number of aromatic nitrogens is 2. The lowest BCUT2D eigenvalue weighted by Gasteiger charge is -2.33. The molecular weight excluding hydrogens is 1020 g/mol. The van der Waals surface area contributed by atoms with Crippen molar-refractivity contribution in [3.05, 3.63) is 311 Å². The third kappa shape index (κ3) is 13.9. The summed E-state index contributed by atoms with van der Waals surface area (Å²) in [6, 6.07) is 86.4. The van der Waals surface area contributed by atoms with Crippen molar-refractivity contribution < 1.29 is 22.6 Å². The van der Waals surface area contributed by atoms with Gasteiger partial charge < -0.3 is 17.7 Å². The monoisotopic (exact) mass is 1100 g/mol. The minimum absolute atomic E-state index is 0. The van der Waals surface area contributed by atoms with Gasteiger partial charge in [0.1, 0.15) is 17.6 Å². The van der Waals surface area contributed by atoms with E-state index in [1.807, 2.05) is 121 Å². The minimum Gasteiger partial charge on any atom is -1.00 e. The highest BCUT2D eigenvalue weighted by Crippen LogP contribution is 2.44. The Bertz CT molecular complexity index is 3780. The van der Waals surface area contributed by atoms with Gasteiger partial charge in [-0.05, 0) is 106 Å². The Morgan fingerprint density at radius 1 is 0.476 bits per heavy atom. The van der Waals surface area contributed by atoms with Gasteiger partial charge in [0.25, 0.3) is 5.84 Å². The number of carbonyl (C=O) groups is 1. The van der Waals surface area contributed by atoms with E-state index in [-0.39, 0.29) is 53.9 Å². The molecule has 0 radical (unpaired) electrons. The summed E-state index contributed by atoms with van der Waals surface area (Å²) in [5, 5.41) is 9.06. The van der Waals surface area contributed by atoms with Crippen LogP contribution in [-0.4, -0.2) is 27.4 Å². The lowest BCUT2D eigenvalue weighted by atomic mass is 9.82. The van der Waals surface area contributed by atoms with Crippen LogP contribution in [0.25, 0.3) is 56.5 Å². The number of nitrogens with one attached hydrogen (secondary N) is 1. The van der Waals surface area contributed by atoms with Gasteiger partial charge in [-0.2, -0.15) is 0 Å². The van der Waals surface area contributed by atoms with Crippen molar-refractivity contribution in [3.63, 3.8) is 0 Å². The topological polar surface area (TPSA) is 119 Å². The number of carbonyl (C=O) groups excluding carboxylic acids is 1. The van der Waals surface area contributed by atoms with Gasteiger partial charge in [-0.25, -0.2) is 9.97 Å². The van der Waals surface area contributed by atoms with Gasteiger partial charge in [-0.1, -0.05) is 260 Å². The maximum atomic E-state index is 13.5. The SMILES string of the molecule is C.C.C.C.NC(=[NH2+])c1ccccc1.O=C1/C(=C/c2ccccc2)CCc2c(-c3ccccc3)cc(-c3ccccc3)nc21.[Cl-].c1ccc(C2=NC(c3ccccc3)C3=C(N2)c2nc(-c4ccccc4)cc(-c4ccccc4)c2CC3)cc1. The van der Waals surface area contributed by atoms with Gasteiger partial charge in [-0.3, -0.25) is 20.9 Å². The Morgan fingerprint density at radius 3 is 1.33 bits per heavy atom. The van der Waals surface area contributed by atoms with Crippen LogP contribution in [0.4, 0.5) is 0 Å². The van der Waals surface area contributed by atoms with Crippen molar-refractivity contribution in [2.75, 3.05) is 0 Å². The fraction of sp³-hybridized carbons (Fsp3) is 0.122. The molecule has 82 heavy (non-hydrogen) atoms. The summed E-state index contributed by atoms with van der Waals surface area (Å²) in [5.74, 6) is 1.30. The normalized spacial score (nSPS) is 13.8. The van der Waals surface area contributed by atoms with Crippen LogP contribution in [0.3, 0.4) is 0 Å². The first-order valence-electron chi connectivity index (χ1n) is 26.2. The van der Waals surface area contributed by atoms with Gasteiger partial charge in [-0.15, -0.1) is 0 Å². The molecule has 2 aliphatic carbocycles. The van der Waals surface area contributed by atoms with Crippen molar-refractivity contribution in [2.24, 2.45) is 10.7 Å². The Balaban J connectivity index is 0.000000221. The molecule has 8 aromatic carbocycles. The Morgan fingerprint density at radius 2 is 0.866 bits per heavy atom. The molecule has 5 N–H and O–H groups in total. The lowest BCUT2D eigenvalue weighted by molar-refractivity contribution is -0.114. The number of nitrogens with two attached hydrogens (primary N) is 2. The number of rotatable bonds is 8. The number of hydrogen-bond acceptors (Lipinski definition) is 5. The second kappa shape index (κ2) is 29.1. The first kappa shape index (κ1) is 61.6. The highest BCUT2D eigenvalue weighted by Gasteiger charge is 2.33. The lowest BCUT2D eigenvalue weighted by Crippen LogP contribution is -3.00. The number of nitrogens with zero attached hydrogens (tertiary/aromatic N) is 3. The van der Waals surface area contributed by atoms with Crippen LogP contribution in [0.2, 0.25) is 0 Å². The third-order valence-corrected chi connectivity index (χ3v) is 14.2. The van der Waals surface area contributed by atoms with E-state index >= 15 is 0 Å². The Hall–Kier alpha value is -9.56. The summed E-state index contributed by atoms with van der Waals surface area (Å²) in [7, 11) is 0. The van der Waals surface area contributed by atoms with Crippen LogP contribution in [0.5, 0.6) is 0 Å². The van der Waals surface area contributed by atoms with E-state index in [2.05, 4.69) is 145 Å². The summed E-state index contributed by atoms with van der Waals surface area (Å²) in [5.41, 5.74) is 25.4. The van der Waals surface area contributed by atoms with Crippen LogP contribution in [0.1, 0.15) is 98.2 Å². The number of ketones is 1. The highest BCUT2D eigenvalue weighted by atomic mass is 35.5. The van der Waals surface area contributed by atoms with Crippen molar-refractivity contribution >= 4 is 29.2 Å². The zero-order valence-corrected chi connectivity index (χ0v) is 43.8. The van der Waals surface area contributed by atoms with Crippen molar-refractivity contribution in [1.29, 1.82) is 0 Å². The number of hydrogen-bond donors (Lipinski definition) is 3. The Labute approximate surface area is 492 Å². The van der Waals surface area contributed by atoms with Gasteiger partial charge in [0, 0.05) is 22.3 Å². The molecule has 0 bridgehead atoms. The van der Waals surface area contributed by atoms with E-state index in [0.717, 1.165) is 104 Å². The number of benzene rings is 8. The van der Waals surface area contributed by atoms with E-state index in [1.54, 1.807) is 0 Å². The van der Waals surface area contributed by atoms with Gasteiger partial charge in [0.2, 0.25) is 5.78 Å². The quantitative estimate of drug-likeness (QED) is 0.0796. The molecule has 13 rings (SSSR count). The first-order chi connectivity index (χ1) is 37.9. The molecule has 3 aliphatic rings. The zero-order chi connectivity index (χ0) is 52.3. The number of aliphatic imine (C=N–C) groups is 1. The molecule has 10 aromatic rings. The van der Waals surface area contributed by atoms with Crippen LogP contribution in [-0.2, 0) is 12.8 Å². The standard InChI is InChI=1S/C35H27N3.C28H21NO.C7H8N2.4CH4.ClH/c1-5-13-24(14-6-1)30-23-31(25-15-7-2-8-16-25)36-33-28(30)21-22-29-32(26-17-9-3-10-18-26)37-35(38-34(29)33)27-19-11-4-12-20-27;30-28-23(18-20-10-4-1-5-11-20)16-17-24-25(21-12-6-2-7-13-21)19-26(29-27(24)28)22-14-8-3-9-15-22;8-7(9)6-4-2-1-3-5-6;;;;;/h1-20,23,32H,21-22H2,(H,37,38);1-15,18-19H,16-17H2;1-5H,(H3,8,9);4*1H4;1H/b;23-18+;;;;;;. The first-order valence-corrected chi connectivity index (χ1v) is 26.2. The molecule has 0 amide bonds. The number of halogens is 1. The van der Waals surface area contributed by atoms with Gasteiger partial charge >= 0.3 is 0 Å². The largest absolute Gasteiger partial charge is 1.00 e. The maximum absolute atomic E-state index is 13.5. The number of Topliss-reactive ketones (excluding diaryl/α,β-unsaturated/α-hetero) is 1. The molecule has 0 saturated heterocycles. The molecule has 412 valence electrons. The molecule has 1 atom stereocenters. The van der Waals surface area contributed by atoms with Crippen molar-refractivity contribution in [1.82, 2.24) is 15.3 Å². The predicted octanol–water partition coefficient (Wildman–Crippen LogP) is 13.2. The van der Waals surface area contributed by atoms with Crippen molar-refractivity contribution in [2.45, 2.75) is 61.4 Å². The molecule has 2 aromatic heterocycles. The molecule has 3 heterocycles. The van der Waals surface area contributed by atoms with E-state index in [0.29, 0.717) is 11.5 Å². The molecule has 7 nitrogen and oxygen atoms in total. The summed E-state index contributed by atoms with van der Waals surface area (Å²) >= 11 is 0. The van der Waals surface area contributed by atoms with E-state index in [9.17, 15) is 4.79 Å². The zero-order valence-electron chi connectivity index (χ0n) is 43.0. The smallest absolute Gasteiger partial charge is 0.270 e. The fourth-order valence-corrected chi connectivity index (χ4v) is 10.3. The van der Waals surface area contributed by atoms with E-state index in [1.165, 1.54) is 27.8 Å². The highest BCUT2D eigenvalue weighted by molar-refractivity contribution is 6.13. The predicted molar refractivity (Wildman–Crippen MR) is 341 cm³/mol. The Kier molecular flexibility index (Phi) is 21.8. The van der Waals surface area contributed by atoms with E-state index < -0.39 is 0 Å². The van der Waals surface area contributed by atoms with Gasteiger partial charge in [0.15, 0.2) is 0 Å². The number of amidine groups is 2. The average molecular weight is 1100 g/mol. The molecule has 0 fully saturated rings. The molecule has 0 spiro atoms. The third-order valence-electron chi connectivity index (χ3n) is 14.2. The summed E-state index contributed by atoms with van der Waals surface area (Å²) < 4.78 is 0. The molecule has 8 heteroatoms. The minimum atomic E-state index is -0.0434. The molecular formula is C74H73ClN6O. The maximum Gasteiger partial charge on any atom is 0.270 e. The molecule has 1 aliphatic heterocycles. The number of allylic oxidation sites excluding steroid dienone is 1. The molecule has 1 unspecified atom stereocenters. The average Bonchev–Trinajstić information content (AvgIpc) is 2.09. The summed E-state index contributed by atoms with van der Waals surface area (Å²) in [6.45, 7) is 0. The van der Waals surface area contributed by atoms with Crippen molar-refractivity contribution in [3.8, 4) is 44.8 Å². The second-order valence-corrected chi connectivity index (χ2v) is 19.1. The second-order valence-electron chi connectivity index (χ2n) is 19.1.